The van der Waals surface area contributed by atoms with E-state index in [4.69, 9.17) is 9.47 Å². The van der Waals surface area contributed by atoms with E-state index in [0.717, 1.165) is 0 Å². The molecule has 2 aromatic rings. The van der Waals surface area contributed by atoms with Gasteiger partial charge in [-0.2, -0.15) is 0 Å². The number of aromatic hydroxyl groups is 1. The van der Waals surface area contributed by atoms with Gasteiger partial charge in [-0.1, -0.05) is 0 Å². The van der Waals surface area contributed by atoms with Crippen molar-refractivity contribution >= 4 is 11.9 Å². The molecule has 31 heavy (non-hydrogen) atoms. The number of aliphatic hydroxyl groups is 1. The van der Waals surface area contributed by atoms with Gasteiger partial charge in [0.2, 0.25) is 0 Å². The van der Waals surface area contributed by atoms with Crippen LogP contribution in [-0.4, -0.2) is 59.4 Å². The van der Waals surface area contributed by atoms with Gasteiger partial charge in [-0.25, -0.2) is 4.79 Å². The second kappa shape index (κ2) is 8.59. The Kier molecular flexibility index (Phi) is 5.87. The number of aryl methyl sites for hydroxylation is 1. The summed E-state index contributed by atoms with van der Waals surface area (Å²) >= 11 is 0. The van der Waals surface area contributed by atoms with Gasteiger partial charge in [0.1, 0.15) is 17.6 Å². The molecule has 4 rings (SSSR count). The molecule has 0 aromatic heterocycles. The Morgan fingerprint density at radius 2 is 1.65 bits per heavy atom. The first-order valence-corrected chi connectivity index (χ1v) is 10.5. The Morgan fingerprint density at radius 3 is 2.29 bits per heavy atom. The maximum absolute atomic E-state index is 12.9. The third-order valence-electron chi connectivity index (χ3n) is 6.38. The number of carbonyl (C=O) groups is 2. The molecule has 2 fully saturated rings. The van der Waals surface area contributed by atoms with Crippen molar-refractivity contribution in [2.45, 2.75) is 32.0 Å². The van der Waals surface area contributed by atoms with E-state index in [-0.39, 0.29) is 29.6 Å². The number of fused-ring (bicyclic) bond motifs is 1. The molecule has 2 aliphatic rings. The highest BCUT2D eigenvalue weighted by Crippen LogP contribution is 2.38. The van der Waals surface area contributed by atoms with E-state index in [0.29, 0.717) is 48.4 Å². The van der Waals surface area contributed by atoms with Gasteiger partial charge < -0.3 is 24.6 Å². The van der Waals surface area contributed by atoms with E-state index < -0.39 is 12.1 Å². The highest BCUT2D eigenvalue weighted by molar-refractivity contribution is 5.94. The van der Waals surface area contributed by atoms with E-state index in [1.807, 2.05) is 4.90 Å². The van der Waals surface area contributed by atoms with Crippen LogP contribution < -0.4 is 4.74 Å². The summed E-state index contributed by atoms with van der Waals surface area (Å²) in [5.41, 5.74) is 1.67. The molecular formula is C24H27NO6. The number of nitrogens with zero attached hydrogens (tertiary/aromatic N) is 1. The lowest BCUT2D eigenvalue weighted by atomic mass is 9.78. The molecule has 1 saturated heterocycles. The summed E-state index contributed by atoms with van der Waals surface area (Å²) < 4.78 is 10.7. The molecule has 0 spiro atoms. The van der Waals surface area contributed by atoms with Crippen LogP contribution >= 0.6 is 0 Å². The van der Waals surface area contributed by atoms with E-state index >= 15 is 0 Å². The lowest BCUT2D eigenvalue weighted by molar-refractivity contribution is -0.0231. The van der Waals surface area contributed by atoms with Crippen LogP contribution in [0, 0.1) is 18.8 Å². The van der Waals surface area contributed by atoms with Crippen molar-refractivity contribution in [2.75, 3.05) is 20.2 Å². The van der Waals surface area contributed by atoms with Crippen LogP contribution in [-0.2, 0) is 4.74 Å². The number of amides is 1. The third kappa shape index (κ3) is 4.37. The molecule has 1 aliphatic heterocycles. The summed E-state index contributed by atoms with van der Waals surface area (Å²) in [6.45, 7) is 3.00. The molecule has 0 radical (unpaired) electrons. The van der Waals surface area contributed by atoms with Crippen LogP contribution in [0.3, 0.4) is 0 Å². The lowest BCUT2D eigenvalue weighted by Crippen LogP contribution is -2.42. The van der Waals surface area contributed by atoms with Crippen LogP contribution in [0.2, 0.25) is 0 Å². The SMILES string of the molecule is COC(=O)c1ccc(O[C@@H]2C[C@@H]3CN(C(=O)c4ccc(O)c(C)c4)C[C@@H]3C[C@H]2O)cc1. The number of hydrogen-bond donors (Lipinski definition) is 2. The zero-order valence-corrected chi connectivity index (χ0v) is 17.7. The Bertz CT molecular complexity index is 973. The fourth-order valence-electron chi connectivity index (χ4n) is 4.62. The topological polar surface area (TPSA) is 96.3 Å². The molecule has 4 atom stereocenters. The van der Waals surface area contributed by atoms with Crippen LogP contribution in [0.4, 0.5) is 0 Å². The Morgan fingerprint density at radius 1 is 1.00 bits per heavy atom. The average Bonchev–Trinajstić information content (AvgIpc) is 3.18. The number of ether oxygens (including phenoxy) is 2. The molecule has 164 valence electrons. The highest BCUT2D eigenvalue weighted by Gasteiger charge is 2.44. The lowest BCUT2D eigenvalue weighted by Gasteiger charge is -2.35. The van der Waals surface area contributed by atoms with E-state index in [9.17, 15) is 19.8 Å². The molecule has 0 unspecified atom stereocenters. The first-order valence-electron chi connectivity index (χ1n) is 10.5. The number of methoxy groups -OCH3 is 1. The average molecular weight is 425 g/mol. The first kappa shape index (κ1) is 21.2. The smallest absolute Gasteiger partial charge is 0.337 e. The van der Waals surface area contributed by atoms with Crippen molar-refractivity contribution in [2.24, 2.45) is 11.8 Å². The van der Waals surface area contributed by atoms with Crippen molar-refractivity contribution in [3.05, 3.63) is 59.2 Å². The Labute approximate surface area is 181 Å². The number of phenolic OH excluding ortho intramolecular Hbond substituents is 1. The van der Waals surface area contributed by atoms with Crippen LogP contribution in [0.15, 0.2) is 42.5 Å². The van der Waals surface area contributed by atoms with Gasteiger partial charge >= 0.3 is 5.97 Å². The maximum atomic E-state index is 12.9. The second-order valence-corrected chi connectivity index (χ2v) is 8.44. The van der Waals surface area contributed by atoms with Gasteiger partial charge in [-0.05, 0) is 79.6 Å². The van der Waals surface area contributed by atoms with E-state index in [1.54, 1.807) is 49.4 Å². The third-order valence-corrected chi connectivity index (χ3v) is 6.38. The van der Waals surface area contributed by atoms with Crippen LogP contribution in [0.5, 0.6) is 11.5 Å². The summed E-state index contributed by atoms with van der Waals surface area (Å²) in [6.07, 6.45) is 0.250. The summed E-state index contributed by atoms with van der Waals surface area (Å²) in [6, 6.07) is 11.6. The van der Waals surface area contributed by atoms with E-state index in [2.05, 4.69) is 0 Å². The quantitative estimate of drug-likeness (QED) is 0.732. The molecule has 7 nitrogen and oxygen atoms in total. The molecule has 7 heteroatoms. The fourth-order valence-corrected chi connectivity index (χ4v) is 4.62. The number of phenols is 1. The molecule has 1 saturated carbocycles. The minimum atomic E-state index is -0.618. The minimum absolute atomic E-state index is 0.0529. The molecule has 0 bridgehead atoms. The van der Waals surface area contributed by atoms with Crippen molar-refractivity contribution < 1.29 is 29.3 Å². The zero-order valence-electron chi connectivity index (χ0n) is 17.7. The van der Waals surface area contributed by atoms with Gasteiger partial charge in [0.25, 0.3) is 5.91 Å². The van der Waals surface area contributed by atoms with Crippen molar-refractivity contribution in [1.29, 1.82) is 0 Å². The number of hydrogen-bond acceptors (Lipinski definition) is 6. The van der Waals surface area contributed by atoms with Gasteiger partial charge in [-0.15, -0.1) is 0 Å². The molecular weight excluding hydrogens is 398 g/mol. The Hall–Kier alpha value is -3.06. The first-order chi connectivity index (χ1) is 14.9. The molecule has 1 heterocycles. The monoisotopic (exact) mass is 425 g/mol. The number of aliphatic hydroxyl groups excluding tert-OH is 1. The minimum Gasteiger partial charge on any atom is -0.508 e. The van der Waals surface area contributed by atoms with Gasteiger partial charge in [0.15, 0.2) is 0 Å². The van der Waals surface area contributed by atoms with Gasteiger partial charge in [-0.3, -0.25) is 4.79 Å². The fraction of sp³-hybridized carbons (Fsp3) is 0.417. The summed E-state index contributed by atoms with van der Waals surface area (Å²) in [5.74, 6) is 0.785. The Balaban J connectivity index is 1.40. The standard InChI is InChI=1S/C24H27NO6/c1-14-9-16(5-8-20(14)26)23(28)25-12-17-10-21(27)22(11-18(17)13-25)31-19-6-3-15(4-7-19)24(29)30-2/h3-9,17-18,21-22,26-27H,10-13H2,1-2H3/t17-,18+,21+,22+/m0/s1. The normalized spacial score (nSPS) is 25.1. The number of esters is 1. The molecule has 1 amide bonds. The van der Waals surface area contributed by atoms with Crippen molar-refractivity contribution in [3.8, 4) is 11.5 Å². The summed E-state index contributed by atoms with van der Waals surface area (Å²) in [5, 5.41) is 20.3. The number of rotatable bonds is 4. The van der Waals surface area contributed by atoms with Gasteiger partial charge in [0.05, 0.1) is 18.8 Å². The highest BCUT2D eigenvalue weighted by atomic mass is 16.5. The molecule has 2 aromatic carbocycles. The predicted molar refractivity (Wildman–Crippen MR) is 113 cm³/mol. The molecule has 2 N–H and O–H groups in total. The molecule has 1 aliphatic carbocycles. The van der Waals surface area contributed by atoms with E-state index in [1.165, 1.54) is 7.11 Å². The van der Waals surface area contributed by atoms with Crippen molar-refractivity contribution in [1.82, 2.24) is 4.90 Å². The number of likely N-dealkylation sites (tertiary alicyclic amines) is 1. The second-order valence-electron chi connectivity index (χ2n) is 8.44. The van der Waals surface area contributed by atoms with Crippen molar-refractivity contribution in [3.63, 3.8) is 0 Å². The summed E-state index contributed by atoms with van der Waals surface area (Å²) in [4.78, 5) is 26.3. The van der Waals surface area contributed by atoms with Gasteiger partial charge in [0, 0.05) is 18.7 Å². The predicted octanol–water partition coefficient (Wildman–Crippen LogP) is 2.78. The van der Waals surface area contributed by atoms with Crippen LogP contribution in [0.1, 0.15) is 39.1 Å². The largest absolute Gasteiger partial charge is 0.508 e. The zero-order chi connectivity index (χ0) is 22.1. The van der Waals surface area contributed by atoms with Crippen LogP contribution in [0.25, 0.3) is 0 Å². The number of benzene rings is 2. The summed E-state index contributed by atoms with van der Waals surface area (Å²) in [7, 11) is 1.33. The number of carbonyl (C=O) groups excluding carboxylic acids is 2. The maximum Gasteiger partial charge on any atom is 0.337 e.